The molecule has 0 aliphatic heterocycles. The molecule has 16 heavy (non-hydrogen) atoms. The summed E-state index contributed by atoms with van der Waals surface area (Å²) in [6.07, 6.45) is 5.03. The van der Waals surface area contributed by atoms with Gasteiger partial charge in [0.05, 0.1) is 0 Å². The van der Waals surface area contributed by atoms with E-state index >= 15 is 0 Å². The molecule has 0 aliphatic carbocycles. The highest BCUT2D eigenvalue weighted by atomic mass is 16.2. The minimum Gasteiger partial charge on any atom is -0.350 e. The van der Waals surface area contributed by atoms with Crippen LogP contribution in [0, 0.1) is 0 Å². The molecule has 0 saturated heterocycles. The predicted octanol–water partition coefficient (Wildman–Crippen LogP) is 1.61. The molecule has 1 amide bonds. The second-order valence-electron chi connectivity index (χ2n) is 4.52. The SMILES string of the molecule is CCC(C)(C)NC(=O)Cn1ccc(C=O)c1. The maximum Gasteiger partial charge on any atom is 0.240 e. The molecule has 4 heteroatoms. The second kappa shape index (κ2) is 4.96. The lowest BCUT2D eigenvalue weighted by atomic mass is 10.0. The van der Waals surface area contributed by atoms with Crippen LogP contribution < -0.4 is 5.32 Å². The fourth-order valence-corrected chi connectivity index (χ4v) is 1.30. The van der Waals surface area contributed by atoms with Crippen LogP contribution in [0.15, 0.2) is 18.5 Å². The molecule has 1 rings (SSSR count). The summed E-state index contributed by atoms with van der Waals surface area (Å²) < 4.78 is 1.70. The van der Waals surface area contributed by atoms with Gasteiger partial charge in [-0.25, -0.2) is 0 Å². The topological polar surface area (TPSA) is 51.1 Å². The Morgan fingerprint density at radius 3 is 2.75 bits per heavy atom. The van der Waals surface area contributed by atoms with Gasteiger partial charge in [-0.05, 0) is 26.3 Å². The quantitative estimate of drug-likeness (QED) is 0.769. The van der Waals surface area contributed by atoms with Crippen LogP contribution in [0.4, 0.5) is 0 Å². The molecule has 0 unspecified atom stereocenters. The van der Waals surface area contributed by atoms with E-state index in [2.05, 4.69) is 5.32 Å². The highest BCUT2D eigenvalue weighted by Gasteiger charge is 2.17. The molecule has 1 aromatic heterocycles. The highest BCUT2D eigenvalue weighted by molar-refractivity contribution is 5.77. The molecule has 0 fully saturated rings. The third kappa shape index (κ3) is 3.53. The second-order valence-corrected chi connectivity index (χ2v) is 4.52. The van der Waals surface area contributed by atoms with Crippen LogP contribution >= 0.6 is 0 Å². The molecule has 1 aromatic rings. The molecule has 0 atom stereocenters. The number of amides is 1. The molecule has 4 nitrogen and oxygen atoms in total. The van der Waals surface area contributed by atoms with E-state index in [1.165, 1.54) is 0 Å². The van der Waals surface area contributed by atoms with Gasteiger partial charge in [0.25, 0.3) is 0 Å². The standard InChI is InChI=1S/C12H18N2O2/c1-4-12(2,3)13-11(16)8-14-6-5-10(7-14)9-15/h5-7,9H,4,8H2,1-3H3,(H,13,16). The summed E-state index contributed by atoms with van der Waals surface area (Å²) >= 11 is 0. The van der Waals surface area contributed by atoms with E-state index < -0.39 is 0 Å². The smallest absolute Gasteiger partial charge is 0.240 e. The monoisotopic (exact) mass is 222 g/mol. The van der Waals surface area contributed by atoms with E-state index in [0.717, 1.165) is 12.7 Å². The molecule has 0 saturated carbocycles. The van der Waals surface area contributed by atoms with Gasteiger partial charge >= 0.3 is 0 Å². The Morgan fingerprint density at radius 1 is 1.56 bits per heavy atom. The van der Waals surface area contributed by atoms with Crippen molar-refractivity contribution in [2.75, 3.05) is 0 Å². The Labute approximate surface area is 95.6 Å². The summed E-state index contributed by atoms with van der Waals surface area (Å²) in [5.41, 5.74) is 0.403. The van der Waals surface area contributed by atoms with Crippen LogP contribution in [0.1, 0.15) is 37.6 Å². The van der Waals surface area contributed by atoms with Crippen LogP contribution in [0.25, 0.3) is 0 Å². The Bertz CT molecular complexity index is 380. The maximum absolute atomic E-state index is 11.7. The van der Waals surface area contributed by atoms with Crippen molar-refractivity contribution in [1.82, 2.24) is 9.88 Å². The minimum atomic E-state index is -0.183. The van der Waals surface area contributed by atoms with Crippen molar-refractivity contribution in [1.29, 1.82) is 0 Å². The summed E-state index contributed by atoms with van der Waals surface area (Å²) in [5, 5.41) is 2.93. The van der Waals surface area contributed by atoms with Crippen LogP contribution in [0.5, 0.6) is 0 Å². The van der Waals surface area contributed by atoms with E-state index in [9.17, 15) is 9.59 Å². The highest BCUT2D eigenvalue weighted by Crippen LogP contribution is 2.07. The fourth-order valence-electron chi connectivity index (χ4n) is 1.30. The van der Waals surface area contributed by atoms with Crippen LogP contribution in [-0.4, -0.2) is 22.3 Å². The van der Waals surface area contributed by atoms with Gasteiger partial charge in [-0.3, -0.25) is 9.59 Å². The van der Waals surface area contributed by atoms with E-state index in [-0.39, 0.29) is 18.0 Å². The number of aldehydes is 1. The maximum atomic E-state index is 11.7. The predicted molar refractivity (Wildman–Crippen MR) is 62.3 cm³/mol. The summed E-state index contributed by atoms with van der Waals surface area (Å²) in [6, 6.07) is 1.69. The van der Waals surface area contributed by atoms with Crippen molar-refractivity contribution in [3.63, 3.8) is 0 Å². The summed E-state index contributed by atoms with van der Waals surface area (Å²) in [7, 11) is 0. The molecule has 0 aromatic carbocycles. The van der Waals surface area contributed by atoms with E-state index in [4.69, 9.17) is 0 Å². The van der Waals surface area contributed by atoms with E-state index in [1.54, 1.807) is 23.0 Å². The summed E-state index contributed by atoms with van der Waals surface area (Å²) in [6.45, 7) is 6.24. The zero-order valence-corrected chi connectivity index (χ0v) is 9.99. The zero-order chi connectivity index (χ0) is 12.2. The largest absolute Gasteiger partial charge is 0.350 e. The van der Waals surface area contributed by atoms with Crippen molar-refractivity contribution in [3.05, 3.63) is 24.0 Å². The number of hydrogen-bond acceptors (Lipinski definition) is 2. The summed E-state index contributed by atoms with van der Waals surface area (Å²) in [4.78, 5) is 22.1. The van der Waals surface area contributed by atoms with Gasteiger partial charge in [-0.15, -0.1) is 0 Å². The van der Waals surface area contributed by atoms with Crippen molar-refractivity contribution < 1.29 is 9.59 Å². The van der Waals surface area contributed by atoms with E-state index in [0.29, 0.717) is 5.56 Å². The zero-order valence-electron chi connectivity index (χ0n) is 9.99. The van der Waals surface area contributed by atoms with Gasteiger partial charge < -0.3 is 9.88 Å². The van der Waals surface area contributed by atoms with Crippen molar-refractivity contribution >= 4 is 12.2 Å². The Balaban J connectivity index is 2.54. The molecule has 1 heterocycles. The van der Waals surface area contributed by atoms with Gasteiger partial charge in [0.15, 0.2) is 6.29 Å². The average molecular weight is 222 g/mol. The lowest BCUT2D eigenvalue weighted by molar-refractivity contribution is -0.123. The minimum absolute atomic E-state index is 0.0418. The van der Waals surface area contributed by atoms with Gasteiger partial charge in [0.2, 0.25) is 5.91 Å². The Morgan fingerprint density at radius 2 is 2.25 bits per heavy atom. The van der Waals surface area contributed by atoms with Gasteiger partial charge in [0, 0.05) is 23.5 Å². The third-order valence-corrected chi connectivity index (χ3v) is 2.60. The summed E-state index contributed by atoms with van der Waals surface area (Å²) in [5.74, 6) is -0.0418. The first kappa shape index (κ1) is 12.5. The first-order chi connectivity index (χ1) is 7.46. The average Bonchev–Trinajstić information content (AvgIpc) is 2.64. The Kier molecular flexibility index (Phi) is 3.88. The number of nitrogens with zero attached hydrogens (tertiary/aromatic N) is 1. The van der Waals surface area contributed by atoms with Gasteiger partial charge in [-0.2, -0.15) is 0 Å². The fraction of sp³-hybridized carbons (Fsp3) is 0.500. The number of rotatable bonds is 5. The normalized spacial score (nSPS) is 11.2. The van der Waals surface area contributed by atoms with Gasteiger partial charge in [0.1, 0.15) is 6.54 Å². The number of nitrogens with one attached hydrogen (secondary N) is 1. The first-order valence-corrected chi connectivity index (χ1v) is 5.39. The molecule has 1 N–H and O–H groups in total. The van der Waals surface area contributed by atoms with Crippen LogP contribution in [0.2, 0.25) is 0 Å². The molecule has 0 radical (unpaired) electrons. The molecular formula is C12H18N2O2. The number of hydrogen-bond donors (Lipinski definition) is 1. The number of carbonyl (C=O) groups excluding carboxylic acids is 2. The Hall–Kier alpha value is -1.58. The van der Waals surface area contributed by atoms with Crippen molar-refractivity contribution in [2.24, 2.45) is 0 Å². The van der Waals surface area contributed by atoms with Crippen LogP contribution in [-0.2, 0) is 11.3 Å². The first-order valence-electron chi connectivity index (χ1n) is 5.39. The lowest BCUT2D eigenvalue weighted by Crippen LogP contribution is -2.44. The number of aromatic nitrogens is 1. The van der Waals surface area contributed by atoms with Gasteiger partial charge in [-0.1, -0.05) is 6.92 Å². The van der Waals surface area contributed by atoms with Crippen molar-refractivity contribution in [2.45, 2.75) is 39.3 Å². The van der Waals surface area contributed by atoms with E-state index in [1.807, 2.05) is 20.8 Å². The molecule has 0 bridgehead atoms. The van der Waals surface area contributed by atoms with Crippen LogP contribution in [0.3, 0.4) is 0 Å². The molecule has 88 valence electrons. The molecular weight excluding hydrogens is 204 g/mol. The third-order valence-electron chi connectivity index (χ3n) is 2.60. The lowest BCUT2D eigenvalue weighted by Gasteiger charge is -2.24. The molecule has 0 spiro atoms. The number of carbonyl (C=O) groups is 2. The molecule has 0 aliphatic rings. The van der Waals surface area contributed by atoms with Crippen molar-refractivity contribution in [3.8, 4) is 0 Å².